The Bertz CT molecular complexity index is 620. The summed E-state index contributed by atoms with van der Waals surface area (Å²) in [7, 11) is 0. The van der Waals surface area contributed by atoms with Gasteiger partial charge in [0, 0.05) is 12.1 Å². The minimum Gasteiger partial charge on any atom is -0.313 e. The summed E-state index contributed by atoms with van der Waals surface area (Å²) >= 11 is 0. The van der Waals surface area contributed by atoms with Crippen molar-refractivity contribution in [2.24, 2.45) is 0 Å². The summed E-state index contributed by atoms with van der Waals surface area (Å²) in [5, 5.41) is 2.98. The fourth-order valence-corrected chi connectivity index (χ4v) is 2.10. The SMILES string of the molecule is CCNCc1ccc(-c2ccccc2C(F)(F)F)cc1F. The summed E-state index contributed by atoms with van der Waals surface area (Å²) in [4.78, 5) is 0. The molecule has 2 aromatic carbocycles. The second-order valence-electron chi connectivity index (χ2n) is 4.63. The Morgan fingerprint density at radius 1 is 1.05 bits per heavy atom. The van der Waals surface area contributed by atoms with E-state index in [-0.39, 0.29) is 11.1 Å². The van der Waals surface area contributed by atoms with Crippen LogP contribution in [0.15, 0.2) is 42.5 Å². The molecule has 21 heavy (non-hydrogen) atoms. The van der Waals surface area contributed by atoms with Crippen LogP contribution in [0.5, 0.6) is 0 Å². The molecule has 0 atom stereocenters. The lowest BCUT2D eigenvalue weighted by Crippen LogP contribution is -2.13. The smallest absolute Gasteiger partial charge is 0.313 e. The normalized spacial score (nSPS) is 11.7. The molecule has 0 radical (unpaired) electrons. The molecule has 0 aliphatic carbocycles. The van der Waals surface area contributed by atoms with Crippen LogP contribution in [0.25, 0.3) is 11.1 Å². The molecule has 0 aromatic heterocycles. The minimum atomic E-state index is -4.46. The third-order valence-corrected chi connectivity index (χ3v) is 3.16. The average Bonchev–Trinajstić information content (AvgIpc) is 2.45. The third kappa shape index (κ3) is 3.61. The molecule has 2 aromatic rings. The Balaban J connectivity index is 2.42. The Morgan fingerprint density at radius 3 is 2.38 bits per heavy atom. The number of benzene rings is 2. The number of alkyl halides is 3. The second kappa shape index (κ2) is 6.26. The van der Waals surface area contributed by atoms with Crippen molar-refractivity contribution >= 4 is 0 Å². The predicted octanol–water partition coefficient (Wildman–Crippen LogP) is 4.62. The van der Waals surface area contributed by atoms with Crippen LogP contribution >= 0.6 is 0 Å². The monoisotopic (exact) mass is 297 g/mol. The van der Waals surface area contributed by atoms with E-state index in [4.69, 9.17) is 0 Å². The van der Waals surface area contributed by atoms with Crippen LogP contribution in [0.1, 0.15) is 18.1 Å². The average molecular weight is 297 g/mol. The van der Waals surface area contributed by atoms with E-state index in [0.29, 0.717) is 18.7 Å². The van der Waals surface area contributed by atoms with Crippen LogP contribution in [0.2, 0.25) is 0 Å². The molecule has 0 saturated heterocycles. The standard InChI is InChI=1S/C16H15F4N/c1-2-21-10-12-8-7-11(9-15(12)17)13-5-3-4-6-14(13)16(18,19)20/h3-9,21H,2,10H2,1H3. The van der Waals surface area contributed by atoms with E-state index in [1.165, 1.54) is 30.3 Å². The fourth-order valence-electron chi connectivity index (χ4n) is 2.10. The molecule has 112 valence electrons. The molecule has 2 rings (SSSR count). The van der Waals surface area contributed by atoms with E-state index >= 15 is 0 Å². The largest absolute Gasteiger partial charge is 0.417 e. The van der Waals surface area contributed by atoms with Gasteiger partial charge in [-0.3, -0.25) is 0 Å². The third-order valence-electron chi connectivity index (χ3n) is 3.16. The highest BCUT2D eigenvalue weighted by molar-refractivity contribution is 5.68. The molecule has 0 aliphatic rings. The number of hydrogen-bond donors (Lipinski definition) is 1. The molecule has 0 amide bonds. The van der Waals surface area contributed by atoms with Gasteiger partial charge in [-0.05, 0) is 29.8 Å². The van der Waals surface area contributed by atoms with Crippen molar-refractivity contribution in [2.75, 3.05) is 6.54 Å². The van der Waals surface area contributed by atoms with Crippen molar-refractivity contribution in [3.63, 3.8) is 0 Å². The zero-order valence-electron chi connectivity index (χ0n) is 11.5. The van der Waals surface area contributed by atoms with Gasteiger partial charge in [-0.15, -0.1) is 0 Å². The first-order chi connectivity index (χ1) is 9.93. The maximum Gasteiger partial charge on any atom is 0.417 e. The number of nitrogens with one attached hydrogen (secondary N) is 1. The first-order valence-electron chi connectivity index (χ1n) is 6.59. The molecule has 5 heteroatoms. The van der Waals surface area contributed by atoms with Crippen molar-refractivity contribution in [3.8, 4) is 11.1 Å². The van der Waals surface area contributed by atoms with Gasteiger partial charge in [0.25, 0.3) is 0 Å². The first kappa shape index (κ1) is 15.5. The molecule has 0 unspecified atom stereocenters. The van der Waals surface area contributed by atoms with Gasteiger partial charge in [0.15, 0.2) is 0 Å². The molecule has 0 spiro atoms. The Morgan fingerprint density at radius 2 is 1.76 bits per heavy atom. The highest BCUT2D eigenvalue weighted by Crippen LogP contribution is 2.37. The molecule has 0 aliphatic heterocycles. The number of rotatable bonds is 4. The van der Waals surface area contributed by atoms with Gasteiger partial charge >= 0.3 is 6.18 Å². The van der Waals surface area contributed by atoms with Crippen LogP contribution in [0.3, 0.4) is 0 Å². The topological polar surface area (TPSA) is 12.0 Å². The van der Waals surface area contributed by atoms with Crippen LogP contribution in [0, 0.1) is 5.82 Å². The fraction of sp³-hybridized carbons (Fsp3) is 0.250. The summed E-state index contributed by atoms with van der Waals surface area (Å²) in [5.41, 5.74) is -0.117. The Labute approximate surface area is 120 Å². The lowest BCUT2D eigenvalue weighted by atomic mass is 9.98. The van der Waals surface area contributed by atoms with Crippen molar-refractivity contribution in [1.82, 2.24) is 5.32 Å². The van der Waals surface area contributed by atoms with Gasteiger partial charge in [0.05, 0.1) is 5.56 Å². The van der Waals surface area contributed by atoms with Crippen LogP contribution < -0.4 is 5.32 Å². The summed E-state index contributed by atoms with van der Waals surface area (Å²) in [6, 6.07) is 9.36. The molecule has 0 bridgehead atoms. The molecular formula is C16H15F4N. The van der Waals surface area contributed by atoms with Crippen LogP contribution in [-0.4, -0.2) is 6.54 Å². The van der Waals surface area contributed by atoms with Gasteiger partial charge in [-0.25, -0.2) is 4.39 Å². The summed E-state index contributed by atoms with van der Waals surface area (Å²) < 4.78 is 52.9. The molecule has 0 heterocycles. The van der Waals surface area contributed by atoms with Gasteiger partial charge in [0.2, 0.25) is 0 Å². The van der Waals surface area contributed by atoms with Crippen molar-refractivity contribution in [2.45, 2.75) is 19.6 Å². The van der Waals surface area contributed by atoms with E-state index in [1.807, 2.05) is 6.92 Å². The molecule has 1 N–H and O–H groups in total. The Kier molecular flexibility index (Phi) is 4.63. The van der Waals surface area contributed by atoms with E-state index in [9.17, 15) is 17.6 Å². The predicted molar refractivity (Wildman–Crippen MR) is 74.2 cm³/mol. The minimum absolute atomic E-state index is 0.0149. The lowest BCUT2D eigenvalue weighted by Gasteiger charge is -2.13. The summed E-state index contributed by atoms with van der Waals surface area (Å²) in [5.74, 6) is -0.509. The van der Waals surface area contributed by atoms with Gasteiger partial charge in [0.1, 0.15) is 5.82 Å². The highest BCUT2D eigenvalue weighted by Gasteiger charge is 2.33. The molecule has 0 fully saturated rings. The first-order valence-corrected chi connectivity index (χ1v) is 6.59. The lowest BCUT2D eigenvalue weighted by molar-refractivity contribution is -0.137. The highest BCUT2D eigenvalue weighted by atomic mass is 19.4. The van der Waals surface area contributed by atoms with E-state index < -0.39 is 17.6 Å². The second-order valence-corrected chi connectivity index (χ2v) is 4.63. The summed E-state index contributed by atoms with van der Waals surface area (Å²) in [6.07, 6.45) is -4.46. The Hall–Kier alpha value is -1.88. The summed E-state index contributed by atoms with van der Waals surface area (Å²) in [6.45, 7) is 2.94. The maximum atomic E-state index is 14.0. The molecule has 1 nitrogen and oxygen atoms in total. The van der Waals surface area contributed by atoms with E-state index in [0.717, 1.165) is 12.1 Å². The van der Waals surface area contributed by atoms with E-state index in [1.54, 1.807) is 0 Å². The van der Waals surface area contributed by atoms with Crippen molar-refractivity contribution in [3.05, 3.63) is 59.4 Å². The number of halogens is 4. The number of hydrogen-bond acceptors (Lipinski definition) is 1. The quantitative estimate of drug-likeness (QED) is 0.812. The molecular weight excluding hydrogens is 282 g/mol. The van der Waals surface area contributed by atoms with Gasteiger partial charge in [-0.2, -0.15) is 13.2 Å². The zero-order chi connectivity index (χ0) is 15.5. The zero-order valence-corrected chi connectivity index (χ0v) is 11.5. The van der Waals surface area contributed by atoms with Crippen LogP contribution in [-0.2, 0) is 12.7 Å². The van der Waals surface area contributed by atoms with Crippen molar-refractivity contribution in [1.29, 1.82) is 0 Å². The maximum absolute atomic E-state index is 14.0. The molecule has 0 saturated carbocycles. The van der Waals surface area contributed by atoms with E-state index in [2.05, 4.69) is 5.32 Å². The van der Waals surface area contributed by atoms with Crippen molar-refractivity contribution < 1.29 is 17.6 Å². The van der Waals surface area contributed by atoms with Crippen LogP contribution in [0.4, 0.5) is 17.6 Å². The van der Waals surface area contributed by atoms with Gasteiger partial charge < -0.3 is 5.32 Å². The van der Waals surface area contributed by atoms with Gasteiger partial charge in [-0.1, -0.05) is 37.3 Å².